The second-order valence-corrected chi connectivity index (χ2v) is 3.98. The van der Waals surface area contributed by atoms with Crippen molar-refractivity contribution in [1.29, 1.82) is 0 Å². The topological polar surface area (TPSA) is 29.5 Å². The van der Waals surface area contributed by atoms with Crippen molar-refractivity contribution in [2.24, 2.45) is 0 Å². The van der Waals surface area contributed by atoms with Gasteiger partial charge in [0, 0.05) is 10.8 Å². The fourth-order valence-corrected chi connectivity index (χ4v) is 1.76. The monoisotopic (exact) mass is 216 g/mol. The number of aryl methyl sites for hydroxylation is 1. The van der Waals surface area contributed by atoms with Crippen LogP contribution in [0, 0.1) is 6.92 Å². The largest absolute Gasteiger partial charge is 0.507 e. The fraction of sp³-hybridized carbons (Fsp3) is 0.286. The highest BCUT2D eigenvalue weighted by molar-refractivity contribution is 5.93. The van der Waals surface area contributed by atoms with Gasteiger partial charge in [-0.15, -0.1) is 0 Å². The Bertz CT molecular complexity index is 503. The predicted molar refractivity (Wildman–Crippen MR) is 66.1 cm³/mol. The van der Waals surface area contributed by atoms with E-state index in [-0.39, 0.29) is 0 Å². The van der Waals surface area contributed by atoms with E-state index in [1.54, 1.807) is 6.07 Å². The van der Waals surface area contributed by atoms with Gasteiger partial charge < -0.3 is 9.84 Å². The highest BCUT2D eigenvalue weighted by Crippen LogP contribution is 2.33. The van der Waals surface area contributed by atoms with Crippen molar-refractivity contribution in [2.75, 3.05) is 6.61 Å². The quantitative estimate of drug-likeness (QED) is 0.848. The Morgan fingerprint density at radius 2 is 1.94 bits per heavy atom. The van der Waals surface area contributed by atoms with Gasteiger partial charge in [-0.25, -0.2) is 0 Å². The second kappa shape index (κ2) is 4.44. The first-order valence-electron chi connectivity index (χ1n) is 5.57. The molecule has 0 bridgehead atoms. The van der Waals surface area contributed by atoms with Crippen LogP contribution in [0.5, 0.6) is 11.5 Å². The van der Waals surface area contributed by atoms with Gasteiger partial charge in [-0.05, 0) is 31.5 Å². The van der Waals surface area contributed by atoms with Crippen molar-refractivity contribution in [3.63, 3.8) is 0 Å². The zero-order chi connectivity index (χ0) is 11.5. The van der Waals surface area contributed by atoms with E-state index in [0.717, 1.165) is 22.9 Å². The lowest BCUT2D eigenvalue weighted by atomic mass is 10.1. The van der Waals surface area contributed by atoms with E-state index in [4.69, 9.17) is 4.74 Å². The van der Waals surface area contributed by atoms with Crippen LogP contribution in [0.15, 0.2) is 30.3 Å². The van der Waals surface area contributed by atoms with E-state index in [9.17, 15) is 5.11 Å². The molecule has 0 aliphatic heterocycles. The standard InChI is InChI=1S/C14H16O2/c1-3-8-16-14-7-6-13(15)11-5-4-10(2)9-12(11)14/h4-7,9,15H,3,8H2,1-2H3. The average Bonchev–Trinajstić information content (AvgIpc) is 2.28. The van der Waals surface area contributed by atoms with Gasteiger partial charge in [-0.2, -0.15) is 0 Å². The second-order valence-electron chi connectivity index (χ2n) is 3.98. The van der Waals surface area contributed by atoms with Gasteiger partial charge in [0.25, 0.3) is 0 Å². The van der Waals surface area contributed by atoms with E-state index in [2.05, 4.69) is 6.92 Å². The highest BCUT2D eigenvalue weighted by Gasteiger charge is 2.06. The minimum absolute atomic E-state index is 0.304. The number of hydrogen-bond acceptors (Lipinski definition) is 2. The maximum atomic E-state index is 9.76. The summed E-state index contributed by atoms with van der Waals surface area (Å²) in [6.45, 7) is 4.81. The molecular weight excluding hydrogens is 200 g/mol. The summed E-state index contributed by atoms with van der Waals surface area (Å²) in [4.78, 5) is 0. The summed E-state index contributed by atoms with van der Waals surface area (Å²) in [6, 6.07) is 9.47. The molecule has 0 amide bonds. The van der Waals surface area contributed by atoms with Crippen LogP contribution in [-0.4, -0.2) is 11.7 Å². The van der Waals surface area contributed by atoms with Crippen LogP contribution in [-0.2, 0) is 0 Å². The number of ether oxygens (including phenoxy) is 1. The minimum atomic E-state index is 0.304. The third-order valence-corrected chi connectivity index (χ3v) is 2.57. The van der Waals surface area contributed by atoms with Gasteiger partial charge >= 0.3 is 0 Å². The normalized spacial score (nSPS) is 10.6. The van der Waals surface area contributed by atoms with Crippen LogP contribution in [0.3, 0.4) is 0 Å². The molecule has 0 heterocycles. The predicted octanol–water partition coefficient (Wildman–Crippen LogP) is 3.64. The zero-order valence-corrected chi connectivity index (χ0v) is 9.66. The molecule has 0 aliphatic carbocycles. The molecule has 1 N–H and O–H groups in total. The molecule has 0 unspecified atom stereocenters. The molecule has 84 valence electrons. The lowest BCUT2D eigenvalue weighted by Gasteiger charge is -2.10. The van der Waals surface area contributed by atoms with Gasteiger partial charge in [-0.1, -0.05) is 24.6 Å². The molecule has 2 nitrogen and oxygen atoms in total. The van der Waals surface area contributed by atoms with E-state index < -0.39 is 0 Å². The van der Waals surface area contributed by atoms with Crippen molar-refractivity contribution in [3.8, 4) is 11.5 Å². The SMILES string of the molecule is CCCOc1ccc(O)c2ccc(C)cc12. The van der Waals surface area contributed by atoms with Crippen LogP contribution < -0.4 is 4.74 Å². The van der Waals surface area contributed by atoms with Crippen molar-refractivity contribution in [2.45, 2.75) is 20.3 Å². The van der Waals surface area contributed by atoms with Crippen LogP contribution in [0.1, 0.15) is 18.9 Å². The van der Waals surface area contributed by atoms with Gasteiger partial charge in [0.05, 0.1) is 6.61 Å². The zero-order valence-electron chi connectivity index (χ0n) is 9.66. The molecule has 0 atom stereocenters. The summed E-state index contributed by atoms with van der Waals surface area (Å²) in [6.07, 6.45) is 0.980. The first kappa shape index (κ1) is 10.8. The van der Waals surface area contributed by atoms with Crippen molar-refractivity contribution >= 4 is 10.8 Å². The molecule has 0 fully saturated rings. The molecule has 2 aromatic carbocycles. The summed E-state index contributed by atoms with van der Waals surface area (Å²) in [5.74, 6) is 1.15. The molecule has 0 aromatic heterocycles. The summed E-state index contributed by atoms with van der Waals surface area (Å²) in [7, 11) is 0. The fourth-order valence-electron chi connectivity index (χ4n) is 1.76. The van der Waals surface area contributed by atoms with E-state index in [1.807, 2.05) is 31.2 Å². The van der Waals surface area contributed by atoms with Crippen LogP contribution in [0.2, 0.25) is 0 Å². The number of aromatic hydroxyl groups is 1. The Hall–Kier alpha value is -1.70. The van der Waals surface area contributed by atoms with Crippen LogP contribution in [0.4, 0.5) is 0 Å². The first-order valence-corrected chi connectivity index (χ1v) is 5.57. The van der Waals surface area contributed by atoms with Crippen LogP contribution >= 0.6 is 0 Å². The van der Waals surface area contributed by atoms with Crippen molar-refractivity contribution in [3.05, 3.63) is 35.9 Å². The van der Waals surface area contributed by atoms with Crippen molar-refractivity contribution < 1.29 is 9.84 Å². The summed E-state index contributed by atoms with van der Waals surface area (Å²) in [5, 5.41) is 11.6. The summed E-state index contributed by atoms with van der Waals surface area (Å²) < 4.78 is 5.67. The Balaban J connectivity index is 2.56. The van der Waals surface area contributed by atoms with E-state index in [1.165, 1.54) is 5.56 Å². The first-order chi connectivity index (χ1) is 7.72. The summed E-state index contributed by atoms with van der Waals surface area (Å²) in [5.41, 5.74) is 1.17. The Labute approximate surface area is 95.5 Å². The molecule has 2 rings (SSSR count). The average molecular weight is 216 g/mol. The van der Waals surface area contributed by atoms with Crippen molar-refractivity contribution in [1.82, 2.24) is 0 Å². The van der Waals surface area contributed by atoms with Gasteiger partial charge in [0.2, 0.25) is 0 Å². The van der Waals surface area contributed by atoms with E-state index >= 15 is 0 Å². The number of fused-ring (bicyclic) bond motifs is 1. The number of benzene rings is 2. The number of phenolic OH excluding ortho intramolecular Hbond substituents is 1. The molecule has 2 aromatic rings. The van der Waals surface area contributed by atoms with Gasteiger partial charge in [0.15, 0.2) is 0 Å². The smallest absolute Gasteiger partial charge is 0.127 e. The maximum Gasteiger partial charge on any atom is 0.127 e. The van der Waals surface area contributed by atoms with Gasteiger partial charge in [-0.3, -0.25) is 0 Å². The Morgan fingerprint density at radius 3 is 2.69 bits per heavy atom. The molecule has 0 radical (unpaired) electrons. The Kier molecular flexibility index (Phi) is 3.00. The lowest BCUT2D eigenvalue weighted by Crippen LogP contribution is -1.95. The molecule has 2 heteroatoms. The van der Waals surface area contributed by atoms with Crippen LogP contribution in [0.25, 0.3) is 10.8 Å². The maximum absolute atomic E-state index is 9.76. The van der Waals surface area contributed by atoms with E-state index in [0.29, 0.717) is 12.4 Å². The number of rotatable bonds is 3. The number of hydrogen-bond donors (Lipinski definition) is 1. The molecule has 0 saturated heterocycles. The molecule has 0 spiro atoms. The van der Waals surface area contributed by atoms with Gasteiger partial charge in [0.1, 0.15) is 11.5 Å². The molecule has 0 aliphatic rings. The number of phenols is 1. The third kappa shape index (κ3) is 1.96. The minimum Gasteiger partial charge on any atom is -0.507 e. The lowest BCUT2D eigenvalue weighted by molar-refractivity contribution is 0.321. The highest BCUT2D eigenvalue weighted by atomic mass is 16.5. The third-order valence-electron chi connectivity index (χ3n) is 2.57. The Morgan fingerprint density at radius 1 is 1.12 bits per heavy atom. The summed E-state index contributed by atoms with van der Waals surface area (Å²) >= 11 is 0. The molecule has 16 heavy (non-hydrogen) atoms. The molecular formula is C14H16O2. The molecule has 0 saturated carbocycles.